The SMILES string of the molecule is O=C(O[C@H]1CCOC1=O)c1ccc(Br)c([N+](=O)[O-])c1. The number of nitrogens with zero attached hydrogens (tertiary/aromatic N) is 1. The summed E-state index contributed by atoms with van der Waals surface area (Å²) in [7, 11) is 0. The van der Waals surface area contributed by atoms with Crippen LogP contribution in [0.5, 0.6) is 0 Å². The van der Waals surface area contributed by atoms with Crippen LogP contribution in [-0.2, 0) is 14.3 Å². The predicted octanol–water partition coefficient (Wildman–Crippen LogP) is 1.83. The van der Waals surface area contributed by atoms with E-state index in [1.54, 1.807) is 0 Å². The van der Waals surface area contributed by atoms with Crippen LogP contribution in [0.3, 0.4) is 0 Å². The molecule has 0 radical (unpaired) electrons. The molecule has 0 saturated carbocycles. The number of nitro groups is 1. The summed E-state index contributed by atoms with van der Waals surface area (Å²) in [5.74, 6) is -1.39. The van der Waals surface area contributed by atoms with Gasteiger partial charge in [0.2, 0.25) is 6.10 Å². The van der Waals surface area contributed by atoms with E-state index < -0.39 is 23.0 Å². The summed E-state index contributed by atoms with van der Waals surface area (Å²) in [4.78, 5) is 33.0. The van der Waals surface area contributed by atoms with E-state index >= 15 is 0 Å². The lowest BCUT2D eigenvalue weighted by Crippen LogP contribution is -2.22. The van der Waals surface area contributed by atoms with Crippen molar-refractivity contribution in [3.8, 4) is 0 Å². The summed E-state index contributed by atoms with van der Waals surface area (Å²) in [6, 6.07) is 3.84. The first kappa shape index (κ1) is 13.5. The molecule has 0 amide bonds. The quantitative estimate of drug-likeness (QED) is 0.477. The molecule has 1 aromatic rings. The van der Waals surface area contributed by atoms with Gasteiger partial charge in [0.15, 0.2) is 0 Å². The molecule has 1 saturated heterocycles. The molecule has 2 rings (SSSR count). The Kier molecular flexibility index (Phi) is 3.79. The Hall–Kier alpha value is -1.96. The van der Waals surface area contributed by atoms with Crippen LogP contribution in [0.25, 0.3) is 0 Å². The summed E-state index contributed by atoms with van der Waals surface area (Å²) in [6.45, 7) is 0.206. The standard InChI is InChI=1S/C11H8BrNO6/c12-7-2-1-6(5-8(7)13(16)17)10(14)19-9-3-4-18-11(9)15/h1-2,5,9H,3-4H2/t9-/m0/s1. The van der Waals surface area contributed by atoms with Crippen molar-refractivity contribution >= 4 is 33.6 Å². The second-order valence-electron chi connectivity index (χ2n) is 3.77. The fourth-order valence-electron chi connectivity index (χ4n) is 1.56. The molecular formula is C11H8BrNO6. The van der Waals surface area contributed by atoms with Crippen molar-refractivity contribution in [2.75, 3.05) is 6.61 Å². The number of hydrogen-bond donors (Lipinski definition) is 0. The maximum Gasteiger partial charge on any atom is 0.347 e. The highest BCUT2D eigenvalue weighted by molar-refractivity contribution is 9.10. The average Bonchev–Trinajstić information content (AvgIpc) is 2.75. The second-order valence-corrected chi connectivity index (χ2v) is 4.63. The zero-order valence-corrected chi connectivity index (χ0v) is 11.1. The van der Waals surface area contributed by atoms with Crippen molar-refractivity contribution in [2.45, 2.75) is 12.5 Å². The zero-order valence-electron chi connectivity index (χ0n) is 9.50. The highest BCUT2D eigenvalue weighted by atomic mass is 79.9. The fourth-order valence-corrected chi connectivity index (χ4v) is 1.95. The third-order valence-electron chi connectivity index (χ3n) is 2.52. The topological polar surface area (TPSA) is 95.7 Å². The molecule has 7 nitrogen and oxygen atoms in total. The first-order valence-electron chi connectivity index (χ1n) is 5.30. The Morgan fingerprint density at radius 2 is 2.26 bits per heavy atom. The number of carbonyl (C=O) groups excluding carboxylic acids is 2. The van der Waals surface area contributed by atoms with Crippen molar-refractivity contribution in [1.82, 2.24) is 0 Å². The molecule has 0 aromatic heterocycles. The van der Waals surface area contributed by atoms with Gasteiger partial charge in [-0.1, -0.05) is 0 Å². The number of carbonyl (C=O) groups is 2. The molecule has 1 fully saturated rings. The lowest BCUT2D eigenvalue weighted by Gasteiger charge is -2.08. The molecule has 1 aliphatic heterocycles. The Balaban J connectivity index is 2.17. The van der Waals surface area contributed by atoms with Gasteiger partial charge in [-0.15, -0.1) is 0 Å². The summed E-state index contributed by atoms with van der Waals surface area (Å²) < 4.78 is 9.84. The van der Waals surface area contributed by atoms with Crippen molar-refractivity contribution < 1.29 is 24.0 Å². The second kappa shape index (κ2) is 5.35. The van der Waals surface area contributed by atoms with Gasteiger partial charge in [0.05, 0.1) is 21.6 Å². The number of halogens is 1. The molecule has 1 aromatic carbocycles. The van der Waals surface area contributed by atoms with E-state index in [0.717, 1.165) is 6.07 Å². The van der Waals surface area contributed by atoms with Crippen LogP contribution in [-0.4, -0.2) is 29.6 Å². The molecule has 0 N–H and O–H groups in total. The Labute approximate surface area is 115 Å². The van der Waals surface area contributed by atoms with Gasteiger partial charge < -0.3 is 9.47 Å². The number of hydrogen-bond acceptors (Lipinski definition) is 6. The van der Waals surface area contributed by atoms with E-state index in [9.17, 15) is 19.7 Å². The van der Waals surface area contributed by atoms with Gasteiger partial charge in [0.1, 0.15) is 0 Å². The van der Waals surface area contributed by atoms with Crippen LogP contribution in [0.4, 0.5) is 5.69 Å². The van der Waals surface area contributed by atoms with E-state index in [1.807, 2.05) is 0 Å². The van der Waals surface area contributed by atoms with Gasteiger partial charge in [0, 0.05) is 12.5 Å². The average molecular weight is 330 g/mol. The Morgan fingerprint density at radius 3 is 2.84 bits per heavy atom. The highest BCUT2D eigenvalue weighted by Gasteiger charge is 2.31. The summed E-state index contributed by atoms with van der Waals surface area (Å²) in [6.07, 6.45) is -0.640. The molecule has 0 aliphatic carbocycles. The van der Waals surface area contributed by atoms with Crippen LogP contribution >= 0.6 is 15.9 Å². The van der Waals surface area contributed by atoms with Crippen LogP contribution < -0.4 is 0 Å². The predicted molar refractivity (Wildman–Crippen MR) is 65.6 cm³/mol. The fraction of sp³-hybridized carbons (Fsp3) is 0.273. The minimum absolute atomic E-state index is 0.00889. The van der Waals surface area contributed by atoms with Crippen LogP contribution in [0.1, 0.15) is 16.8 Å². The largest absolute Gasteiger partial charge is 0.463 e. The zero-order chi connectivity index (χ0) is 14.0. The number of cyclic esters (lactones) is 1. The van der Waals surface area contributed by atoms with E-state index in [-0.39, 0.29) is 22.3 Å². The lowest BCUT2D eigenvalue weighted by molar-refractivity contribution is -0.385. The molecular weight excluding hydrogens is 322 g/mol. The van der Waals surface area contributed by atoms with E-state index in [4.69, 9.17) is 4.74 Å². The monoisotopic (exact) mass is 329 g/mol. The molecule has 0 bridgehead atoms. The first-order chi connectivity index (χ1) is 8.99. The highest BCUT2D eigenvalue weighted by Crippen LogP contribution is 2.26. The summed E-state index contributed by atoms with van der Waals surface area (Å²) in [5, 5.41) is 10.7. The number of benzene rings is 1. The van der Waals surface area contributed by atoms with E-state index in [2.05, 4.69) is 20.7 Å². The van der Waals surface area contributed by atoms with Gasteiger partial charge in [-0.05, 0) is 28.1 Å². The first-order valence-corrected chi connectivity index (χ1v) is 6.10. The number of esters is 2. The molecule has 100 valence electrons. The third-order valence-corrected chi connectivity index (χ3v) is 3.19. The minimum Gasteiger partial charge on any atom is -0.463 e. The van der Waals surface area contributed by atoms with Crippen LogP contribution in [0, 0.1) is 10.1 Å². The summed E-state index contributed by atoms with van der Waals surface area (Å²) >= 11 is 3.01. The van der Waals surface area contributed by atoms with Gasteiger partial charge in [0.25, 0.3) is 5.69 Å². The number of rotatable bonds is 3. The molecule has 0 unspecified atom stereocenters. The maximum atomic E-state index is 11.8. The molecule has 1 atom stereocenters. The van der Waals surface area contributed by atoms with Crippen LogP contribution in [0.15, 0.2) is 22.7 Å². The molecule has 8 heteroatoms. The third kappa shape index (κ3) is 2.90. The van der Waals surface area contributed by atoms with Crippen molar-refractivity contribution in [3.63, 3.8) is 0 Å². The van der Waals surface area contributed by atoms with E-state index in [1.165, 1.54) is 12.1 Å². The van der Waals surface area contributed by atoms with Crippen molar-refractivity contribution in [3.05, 3.63) is 38.3 Å². The number of ether oxygens (including phenoxy) is 2. The van der Waals surface area contributed by atoms with Gasteiger partial charge in [-0.25, -0.2) is 9.59 Å². The van der Waals surface area contributed by atoms with E-state index in [0.29, 0.717) is 6.42 Å². The maximum absolute atomic E-state index is 11.8. The van der Waals surface area contributed by atoms with Crippen LogP contribution in [0.2, 0.25) is 0 Å². The number of nitro benzene ring substituents is 1. The molecule has 1 aliphatic rings. The lowest BCUT2D eigenvalue weighted by atomic mass is 10.2. The Morgan fingerprint density at radius 1 is 1.53 bits per heavy atom. The molecule has 0 spiro atoms. The van der Waals surface area contributed by atoms with Gasteiger partial charge >= 0.3 is 11.9 Å². The summed E-state index contributed by atoms with van der Waals surface area (Å²) in [5.41, 5.74) is -0.238. The molecule has 1 heterocycles. The minimum atomic E-state index is -0.935. The normalized spacial score (nSPS) is 17.9. The van der Waals surface area contributed by atoms with Crippen molar-refractivity contribution in [1.29, 1.82) is 0 Å². The smallest absolute Gasteiger partial charge is 0.347 e. The van der Waals surface area contributed by atoms with Gasteiger partial charge in [-0.2, -0.15) is 0 Å². The molecule has 19 heavy (non-hydrogen) atoms. The Bertz CT molecular complexity index is 558. The van der Waals surface area contributed by atoms with Gasteiger partial charge in [-0.3, -0.25) is 10.1 Å². The van der Waals surface area contributed by atoms with Crippen molar-refractivity contribution in [2.24, 2.45) is 0 Å².